The largest absolute Gasteiger partial charge is 0.389 e. The molecule has 10 nitrogen and oxygen atoms in total. The predicted octanol–water partition coefficient (Wildman–Crippen LogP) is 0.703. The fourth-order valence-electron chi connectivity index (χ4n) is 4.41. The van der Waals surface area contributed by atoms with Crippen LogP contribution >= 0.6 is 0 Å². The Hall–Kier alpha value is -2.45. The lowest BCUT2D eigenvalue weighted by Crippen LogP contribution is -2.57. The number of hydrogen-bond donors (Lipinski definition) is 2. The smallest absolute Gasteiger partial charge is 0.262 e. The molecule has 2 N–H and O–H groups in total. The molecule has 0 radical (unpaired) electrons. The fraction of sp³-hybridized carbons (Fsp3) is 0.545. The molecule has 2 aliphatic heterocycles. The van der Waals surface area contributed by atoms with E-state index < -0.39 is 46.0 Å². The number of nitrogens with zero attached hydrogens (tertiary/aromatic N) is 3. The number of aromatic nitrogens is 2. The molecule has 4 rings (SSSR count). The second-order valence-corrected chi connectivity index (χ2v) is 10.7. The number of fused-ring (bicyclic) bond motifs is 1. The lowest BCUT2D eigenvalue weighted by molar-refractivity contribution is -0.146. The van der Waals surface area contributed by atoms with Crippen LogP contribution in [0.5, 0.6) is 0 Å². The first kappa shape index (κ1) is 25.6. The summed E-state index contributed by atoms with van der Waals surface area (Å²) in [6.07, 6.45) is 1.42. The van der Waals surface area contributed by atoms with E-state index in [2.05, 4.69) is 10.3 Å². The molecule has 0 aliphatic carbocycles. The highest BCUT2D eigenvalue weighted by molar-refractivity contribution is 7.89. The molecule has 1 aromatic carbocycles. The summed E-state index contributed by atoms with van der Waals surface area (Å²) in [5, 5.41) is 12.8. The highest BCUT2D eigenvalue weighted by Gasteiger charge is 2.43. The molecule has 0 bridgehead atoms. The van der Waals surface area contributed by atoms with E-state index in [9.17, 15) is 27.1 Å². The molecule has 13 heteroatoms. The van der Waals surface area contributed by atoms with Crippen molar-refractivity contribution in [1.82, 2.24) is 19.2 Å². The van der Waals surface area contributed by atoms with Crippen molar-refractivity contribution >= 4 is 15.9 Å². The van der Waals surface area contributed by atoms with Crippen molar-refractivity contribution in [2.75, 3.05) is 19.8 Å². The Labute approximate surface area is 201 Å². The van der Waals surface area contributed by atoms with Crippen LogP contribution in [0.1, 0.15) is 24.8 Å². The van der Waals surface area contributed by atoms with Crippen LogP contribution in [0.25, 0.3) is 0 Å². The minimum atomic E-state index is -4.01. The Morgan fingerprint density at radius 2 is 1.97 bits per heavy atom. The van der Waals surface area contributed by atoms with Crippen molar-refractivity contribution in [3.05, 3.63) is 47.9 Å². The molecule has 0 spiro atoms. The number of carbonyl (C=O) groups is 1. The van der Waals surface area contributed by atoms with Gasteiger partial charge in [-0.2, -0.15) is 4.31 Å². The number of amides is 1. The van der Waals surface area contributed by atoms with Gasteiger partial charge < -0.3 is 24.5 Å². The number of benzene rings is 1. The molecule has 1 aromatic heterocycles. The van der Waals surface area contributed by atoms with E-state index >= 15 is 0 Å². The second kappa shape index (κ2) is 10.7. The maximum Gasteiger partial charge on any atom is 0.262 e. The Bertz CT molecular complexity index is 1140. The molecule has 35 heavy (non-hydrogen) atoms. The number of β-amino-alcohol motifs (C(OH)–C–C–N with tert-alkyl or cyclic N) is 1. The van der Waals surface area contributed by atoms with Crippen LogP contribution in [0.2, 0.25) is 0 Å². The van der Waals surface area contributed by atoms with Gasteiger partial charge >= 0.3 is 0 Å². The summed E-state index contributed by atoms with van der Waals surface area (Å²) >= 11 is 0. The van der Waals surface area contributed by atoms with Crippen LogP contribution in [0.4, 0.5) is 8.78 Å². The number of sulfonamides is 1. The van der Waals surface area contributed by atoms with Crippen molar-refractivity contribution in [1.29, 1.82) is 0 Å². The van der Waals surface area contributed by atoms with E-state index in [1.54, 1.807) is 7.05 Å². The van der Waals surface area contributed by atoms with Gasteiger partial charge in [-0.1, -0.05) is 0 Å². The van der Waals surface area contributed by atoms with Crippen LogP contribution in [-0.2, 0) is 37.9 Å². The standard InChI is InChI=1S/C22H28F2N4O6S/c1-27-10-22(26-13-27)35(31,32)28-9-17(29)11-33-12-20-19(28)3-2-18(34-20)7-21(30)25-8-14-4-15(23)6-16(24)5-14/h4-6,10,13,17-20,29H,2-3,7-9,11-12H2,1H3,(H,25,30)/t17-,18+,19+,20-/m0/s1. The SMILES string of the molecule is Cn1cnc(S(=O)(=O)N2C[C@H](O)COC[C@@H]3O[C@@H](CC(=O)NCc4cc(F)cc(F)c4)CC[C@H]32)c1. The zero-order valence-electron chi connectivity index (χ0n) is 19.1. The van der Waals surface area contributed by atoms with Crippen molar-refractivity contribution < 1.29 is 36.6 Å². The minimum absolute atomic E-state index is 0.00334. The van der Waals surface area contributed by atoms with Crippen molar-refractivity contribution in [3.63, 3.8) is 0 Å². The molecule has 2 aliphatic rings. The van der Waals surface area contributed by atoms with Gasteiger partial charge in [0.05, 0.1) is 50.3 Å². The van der Waals surface area contributed by atoms with E-state index in [1.807, 2.05) is 0 Å². The monoisotopic (exact) mass is 514 g/mol. The lowest BCUT2D eigenvalue weighted by Gasteiger charge is -2.43. The summed E-state index contributed by atoms with van der Waals surface area (Å²) in [7, 11) is -2.34. The van der Waals surface area contributed by atoms with E-state index in [-0.39, 0.29) is 43.7 Å². The van der Waals surface area contributed by atoms with Gasteiger partial charge in [0.15, 0.2) is 5.03 Å². The average molecular weight is 515 g/mol. The molecule has 192 valence electrons. The molecule has 4 atom stereocenters. The maximum absolute atomic E-state index is 13.3. The van der Waals surface area contributed by atoms with Crippen molar-refractivity contribution in [2.24, 2.45) is 7.05 Å². The van der Waals surface area contributed by atoms with Crippen LogP contribution < -0.4 is 5.32 Å². The van der Waals surface area contributed by atoms with Gasteiger partial charge in [-0.25, -0.2) is 22.2 Å². The molecule has 2 saturated heterocycles. The van der Waals surface area contributed by atoms with E-state index in [0.29, 0.717) is 18.4 Å². The zero-order valence-corrected chi connectivity index (χ0v) is 20.0. The summed E-state index contributed by atoms with van der Waals surface area (Å²) in [4.78, 5) is 16.4. The number of halogens is 2. The molecule has 0 unspecified atom stereocenters. The van der Waals surface area contributed by atoms with E-state index in [1.165, 1.54) is 21.4 Å². The predicted molar refractivity (Wildman–Crippen MR) is 118 cm³/mol. The number of imidazole rings is 1. The average Bonchev–Trinajstić information content (AvgIpc) is 3.22. The first-order valence-corrected chi connectivity index (χ1v) is 12.7. The van der Waals surface area contributed by atoms with Crippen LogP contribution in [0.15, 0.2) is 35.7 Å². The van der Waals surface area contributed by atoms with Crippen LogP contribution in [0.3, 0.4) is 0 Å². The third-order valence-corrected chi connectivity index (χ3v) is 7.79. The first-order valence-electron chi connectivity index (χ1n) is 11.2. The number of aliphatic hydroxyl groups excluding tert-OH is 1. The van der Waals surface area contributed by atoms with Gasteiger partial charge in [-0.05, 0) is 30.5 Å². The Balaban J connectivity index is 1.41. The van der Waals surface area contributed by atoms with E-state index in [4.69, 9.17) is 9.47 Å². The number of carbonyl (C=O) groups excluding carboxylic acids is 1. The summed E-state index contributed by atoms with van der Waals surface area (Å²) in [5.74, 6) is -1.82. The molecule has 2 aromatic rings. The van der Waals surface area contributed by atoms with Gasteiger partial charge in [0.25, 0.3) is 10.0 Å². The van der Waals surface area contributed by atoms with Gasteiger partial charge in [0.2, 0.25) is 5.91 Å². The normalized spacial score (nSPS) is 25.9. The Kier molecular flexibility index (Phi) is 7.81. The van der Waals surface area contributed by atoms with Crippen LogP contribution in [-0.4, -0.2) is 77.4 Å². The summed E-state index contributed by atoms with van der Waals surface area (Å²) < 4.78 is 67.7. The number of rotatable bonds is 6. The number of nitrogens with one attached hydrogen (secondary N) is 1. The van der Waals surface area contributed by atoms with Crippen LogP contribution in [0, 0.1) is 11.6 Å². The van der Waals surface area contributed by atoms with E-state index in [0.717, 1.165) is 18.2 Å². The maximum atomic E-state index is 13.3. The second-order valence-electron chi connectivity index (χ2n) is 8.84. The highest BCUT2D eigenvalue weighted by atomic mass is 32.2. The molecular weight excluding hydrogens is 486 g/mol. The summed E-state index contributed by atoms with van der Waals surface area (Å²) in [6.45, 7) is -0.213. The molecule has 0 saturated carbocycles. The Morgan fingerprint density at radius 3 is 2.66 bits per heavy atom. The van der Waals surface area contributed by atoms with Crippen molar-refractivity contribution in [3.8, 4) is 0 Å². The first-order chi connectivity index (χ1) is 16.6. The summed E-state index contributed by atoms with van der Waals surface area (Å²) in [5.41, 5.74) is 0.294. The zero-order chi connectivity index (χ0) is 25.2. The molecule has 3 heterocycles. The third kappa shape index (κ3) is 6.22. The number of aliphatic hydroxyl groups is 1. The number of aryl methyl sites for hydroxylation is 1. The fourth-order valence-corrected chi connectivity index (χ4v) is 6.09. The number of hydrogen-bond acceptors (Lipinski definition) is 7. The third-order valence-electron chi connectivity index (χ3n) is 6.01. The molecular formula is C22H28F2N4O6S. The lowest BCUT2D eigenvalue weighted by atomic mass is 9.96. The van der Waals surface area contributed by atoms with Gasteiger partial charge in [-0.15, -0.1) is 0 Å². The molecule has 1 amide bonds. The summed E-state index contributed by atoms with van der Waals surface area (Å²) in [6, 6.07) is 2.43. The minimum Gasteiger partial charge on any atom is -0.389 e. The van der Waals surface area contributed by atoms with Gasteiger partial charge in [0.1, 0.15) is 11.6 Å². The Morgan fingerprint density at radius 1 is 1.23 bits per heavy atom. The van der Waals surface area contributed by atoms with Gasteiger partial charge in [0, 0.05) is 32.4 Å². The number of ether oxygens (including phenoxy) is 2. The molecule has 2 fully saturated rings. The highest BCUT2D eigenvalue weighted by Crippen LogP contribution is 2.31. The van der Waals surface area contributed by atoms with Crippen molar-refractivity contribution in [2.45, 2.75) is 55.2 Å². The van der Waals surface area contributed by atoms with Gasteiger partial charge in [-0.3, -0.25) is 4.79 Å². The topological polar surface area (TPSA) is 123 Å². The quantitative estimate of drug-likeness (QED) is 0.582.